The van der Waals surface area contributed by atoms with Crippen LogP contribution in [0.2, 0.25) is 0 Å². The van der Waals surface area contributed by atoms with E-state index in [0.29, 0.717) is 10.8 Å². The van der Waals surface area contributed by atoms with E-state index in [-0.39, 0.29) is 18.4 Å². The summed E-state index contributed by atoms with van der Waals surface area (Å²) in [7, 11) is 0. The van der Waals surface area contributed by atoms with Gasteiger partial charge in [-0.05, 0) is 41.0 Å². The first-order chi connectivity index (χ1) is 15.4. The second-order valence-corrected chi connectivity index (χ2v) is 8.17. The molecule has 1 heterocycles. The molecule has 0 radical (unpaired) electrons. The van der Waals surface area contributed by atoms with Gasteiger partial charge in [0.2, 0.25) is 0 Å². The molecule has 1 fully saturated rings. The van der Waals surface area contributed by atoms with E-state index in [1.54, 1.807) is 24.3 Å². The lowest BCUT2D eigenvalue weighted by Gasteiger charge is -2.29. The van der Waals surface area contributed by atoms with Crippen LogP contribution in [0, 0.1) is 0 Å². The average molecular weight is 562 g/mol. The fraction of sp³-hybridized carbons (Fsp3) is 0.125. The van der Waals surface area contributed by atoms with Gasteiger partial charge in [0.1, 0.15) is 10.6 Å². The number of nitrogens with zero attached hydrogens (tertiary/aromatic N) is 1. The highest BCUT2D eigenvalue weighted by Crippen LogP contribution is 2.44. The fourth-order valence-electron chi connectivity index (χ4n) is 3.56. The number of hydrogen-bond donors (Lipinski definition) is 0. The lowest BCUT2D eigenvalue weighted by molar-refractivity contribution is -0.172. The minimum atomic E-state index is -1.05. The third-order valence-electron chi connectivity index (χ3n) is 5.19. The Hall–Kier alpha value is -2.91. The minimum absolute atomic E-state index is 0.0386. The van der Waals surface area contributed by atoms with Gasteiger partial charge in [-0.1, -0.05) is 54.6 Å². The summed E-state index contributed by atoms with van der Waals surface area (Å²) in [5, 5.41) is 0.529. The summed E-state index contributed by atoms with van der Waals surface area (Å²) < 4.78 is 5.34. The van der Waals surface area contributed by atoms with E-state index in [4.69, 9.17) is 19.5 Å². The number of carbonyl (C=O) groups is 3. The summed E-state index contributed by atoms with van der Waals surface area (Å²) in [6.45, 7) is 0. The minimum Gasteiger partial charge on any atom is -0.428 e. The lowest BCUT2D eigenvalue weighted by Crippen LogP contribution is -2.32. The van der Waals surface area contributed by atoms with Gasteiger partial charge in [-0.15, -0.1) is 16.7 Å². The van der Waals surface area contributed by atoms with E-state index >= 15 is 0 Å². The average Bonchev–Trinajstić information content (AvgIpc) is 3.16. The Labute approximate surface area is 203 Å². The number of carbonyl (C=O) groups excluding carboxylic acids is 3. The summed E-state index contributed by atoms with van der Waals surface area (Å²) in [5.74, 6) is -1.19. The molecule has 1 aliphatic heterocycles. The van der Waals surface area contributed by atoms with Gasteiger partial charge in [-0.25, -0.2) is 4.79 Å². The predicted molar refractivity (Wildman–Crippen MR) is 126 cm³/mol. The van der Waals surface area contributed by atoms with Gasteiger partial charge < -0.3 is 7.90 Å². The molecule has 1 atom stereocenters. The molecule has 8 heteroatoms. The predicted octanol–water partition coefficient (Wildman–Crippen LogP) is 5.17. The van der Waals surface area contributed by atoms with E-state index in [0.717, 1.165) is 16.7 Å². The molecule has 0 bridgehead atoms. The van der Waals surface area contributed by atoms with Crippen LogP contribution in [0.4, 0.5) is 0 Å². The molecule has 0 aromatic heterocycles. The molecule has 3 aromatic rings. The molecule has 1 aliphatic rings. The summed E-state index contributed by atoms with van der Waals surface area (Å²) in [6.07, 6.45) is 0.0772. The lowest BCUT2D eigenvalue weighted by atomic mass is 9.84. The Bertz CT molecular complexity index is 1150. The first-order valence-electron chi connectivity index (χ1n) is 9.75. The van der Waals surface area contributed by atoms with Gasteiger partial charge in [-0.2, -0.15) is 0 Å². The Morgan fingerprint density at radius 1 is 0.844 bits per heavy atom. The Morgan fingerprint density at radius 2 is 1.44 bits per heavy atom. The number of rotatable bonds is 6. The van der Waals surface area contributed by atoms with E-state index in [1.165, 1.54) is 0 Å². The van der Waals surface area contributed by atoms with Crippen molar-refractivity contribution in [1.82, 2.24) is 5.06 Å². The van der Waals surface area contributed by atoms with Crippen LogP contribution in [0.1, 0.15) is 39.9 Å². The highest BCUT2D eigenvalue weighted by atomic mass is 127. The largest absolute Gasteiger partial charge is 0.428 e. The first-order valence-corrected chi connectivity index (χ1v) is 11.0. The van der Waals surface area contributed by atoms with Gasteiger partial charge in [0.05, 0.1) is 5.56 Å². The topological polar surface area (TPSA) is 72.9 Å². The molecule has 2 amide bonds. The number of hydroxylamine groups is 2. The van der Waals surface area contributed by atoms with Crippen LogP contribution in [-0.4, -0.2) is 22.8 Å². The Morgan fingerprint density at radius 3 is 2.06 bits per heavy atom. The zero-order valence-electron chi connectivity index (χ0n) is 16.7. The van der Waals surface area contributed by atoms with E-state index in [2.05, 4.69) is 0 Å². The molecule has 32 heavy (non-hydrogen) atoms. The number of benzene rings is 3. The molecular weight excluding hydrogens is 545 g/mol. The molecule has 0 spiro atoms. The maximum atomic E-state index is 12.5. The number of alkyl halides is 1. The van der Waals surface area contributed by atoms with Gasteiger partial charge in [0.25, 0.3) is 11.8 Å². The van der Waals surface area contributed by atoms with Crippen LogP contribution in [0.25, 0.3) is 0 Å². The second-order valence-electron chi connectivity index (χ2n) is 7.17. The van der Waals surface area contributed by atoms with Gasteiger partial charge in [0.15, 0.2) is 23.0 Å². The van der Waals surface area contributed by atoms with Crippen LogP contribution in [0.5, 0.6) is 5.75 Å². The smallest absolute Gasteiger partial charge is 0.363 e. The summed E-state index contributed by atoms with van der Waals surface area (Å²) in [4.78, 5) is 39.8. The van der Waals surface area contributed by atoms with E-state index < -0.39 is 22.7 Å². The molecule has 0 aliphatic carbocycles. The molecule has 0 N–H and O–H groups in total. The van der Waals surface area contributed by atoms with Crippen molar-refractivity contribution >= 4 is 52.4 Å². The van der Waals surface area contributed by atoms with Crippen LogP contribution in [0.3, 0.4) is 0 Å². The number of amides is 2. The van der Waals surface area contributed by atoms with Gasteiger partial charge in [-0.3, -0.25) is 9.59 Å². The zero-order chi connectivity index (χ0) is 22.7. The van der Waals surface area contributed by atoms with Gasteiger partial charge in [0, 0.05) is 12.8 Å². The molecule has 1 unspecified atom stereocenters. The normalized spacial score (nSPS) is 15.4. The highest BCUT2D eigenvalue weighted by molar-refractivity contribution is 14.1. The van der Waals surface area contributed by atoms with E-state index in [1.807, 2.05) is 77.6 Å². The van der Waals surface area contributed by atoms with Crippen LogP contribution in [0.15, 0.2) is 78.9 Å². The summed E-state index contributed by atoms with van der Waals surface area (Å²) in [5.41, 5.74) is 2.55. The summed E-state index contributed by atoms with van der Waals surface area (Å²) >= 11 is 9.10. The number of hydrogen-bond acceptors (Lipinski definition) is 5. The molecule has 162 valence electrons. The third-order valence-corrected chi connectivity index (χ3v) is 6.35. The Balaban J connectivity index is 1.69. The third kappa shape index (κ3) is 4.22. The van der Waals surface area contributed by atoms with E-state index in [9.17, 15) is 14.4 Å². The van der Waals surface area contributed by atoms with Crippen LogP contribution in [-0.2, 0) is 19.3 Å². The van der Waals surface area contributed by atoms with Crippen molar-refractivity contribution in [3.05, 3.63) is 101 Å². The summed E-state index contributed by atoms with van der Waals surface area (Å²) in [6, 6.07) is 23.6. The standard InChI is InChI=1S/C24H17ClINO5/c25-24(17-5-2-1-3-6-17,19-7-4-8-20(15-19)31-26)18-11-9-16(10-12-18)23(30)32-27-21(28)13-14-22(27)29/h1-12,15H,13-14H2. The molecule has 1 saturated heterocycles. The maximum absolute atomic E-state index is 12.5. The van der Waals surface area contributed by atoms with Crippen molar-refractivity contribution in [2.75, 3.05) is 0 Å². The molecular formula is C24H17ClINO5. The number of halogens is 2. The molecule has 3 aromatic carbocycles. The number of imide groups is 1. The second kappa shape index (κ2) is 9.30. The highest BCUT2D eigenvalue weighted by Gasteiger charge is 2.35. The Kier molecular flexibility index (Phi) is 6.48. The maximum Gasteiger partial charge on any atom is 0.363 e. The monoisotopic (exact) mass is 561 g/mol. The SMILES string of the molecule is O=C(ON1C(=O)CCC1=O)c1ccc(C(Cl)(c2ccccc2)c2cccc(OI)c2)cc1. The first kappa shape index (κ1) is 22.3. The van der Waals surface area contributed by atoms with Crippen molar-refractivity contribution < 1.29 is 22.3 Å². The van der Waals surface area contributed by atoms with Crippen LogP contribution < -0.4 is 3.07 Å². The molecule has 4 rings (SSSR count). The quantitative estimate of drug-likeness (QED) is 0.180. The van der Waals surface area contributed by atoms with Crippen molar-refractivity contribution in [2.45, 2.75) is 17.7 Å². The van der Waals surface area contributed by atoms with Crippen molar-refractivity contribution in [3.63, 3.8) is 0 Å². The zero-order valence-corrected chi connectivity index (χ0v) is 19.6. The van der Waals surface area contributed by atoms with Crippen LogP contribution >= 0.6 is 34.6 Å². The molecule has 0 saturated carbocycles. The van der Waals surface area contributed by atoms with Crippen molar-refractivity contribution in [1.29, 1.82) is 0 Å². The van der Waals surface area contributed by atoms with Crippen molar-refractivity contribution in [3.8, 4) is 5.75 Å². The van der Waals surface area contributed by atoms with Crippen molar-refractivity contribution in [2.24, 2.45) is 0 Å². The van der Waals surface area contributed by atoms with Gasteiger partial charge >= 0.3 is 5.97 Å². The fourth-order valence-corrected chi connectivity index (χ4v) is 4.20. The molecule has 6 nitrogen and oxygen atoms in total.